The molecule has 0 aliphatic rings. The van der Waals surface area contributed by atoms with Crippen LogP contribution in [0.2, 0.25) is 0 Å². The van der Waals surface area contributed by atoms with Crippen LogP contribution < -0.4 is 5.32 Å². The number of hydrogen-bond donors (Lipinski definition) is 1. The van der Waals surface area contributed by atoms with Gasteiger partial charge in [-0.3, -0.25) is 0 Å². The maximum atomic E-state index is 3.39. The summed E-state index contributed by atoms with van der Waals surface area (Å²) in [4.78, 5) is 0. The Hall–Kier alpha value is -0.820. The zero-order valence-corrected chi connectivity index (χ0v) is 14.8. The van der Waals surface area contributed by atoms with Gasteiger partial charge < -0.3 is 5.32 Å². The summed E-state index contributed by atoms with van der Waals surface area (Å²) in [5, 5.41) is 3.39. The smallest absolute Gasteiger partial charge is 0.00490 e. The van der Waals surface area contributed by atoms with Crippen LogP contribution in [0.4, 0.5) is 0 Å². The van der Waals surface area contributed by atoms with Crippen molar-refractivity contribution in [3.63, 3.8) is 0 Å². The van der Waals surface area contributed by atoms with E-state index in [0.29, 0.717) is 0 Å². The molecule has 0 saturated carbocycles. The molecule has 0 fully saturated rings. The Bertz CT molecular complexity index is 320. The molecule has 0 heterocycles. The van der Waals surface area contributed by atoms with Crippen LogP contribution in [0.3, 0.4) is 0 Å². The van der Waals surface area contributed by atoms with Crippen LogP contribution in [0.5, 0.6) is 0 Å². The summed E-state index contributed by atoms with van der Waals surface area (Å²) in [6, 6.07) is 10.9. The van der Waals surface area contributed by atoms with E-state index in [1.54, 1.807) is 0 Å². The van der Waals surface area contributed by atoms with Crippen molar-refractivity contribution in [2.24, 2.45) is 0 Å². The van der Waals surface area contributed by atoms with Crippen molar-refractivity contribution in [1.29, 1.82) is 0 Å². The van der Waals surface area contributed by atoms with Crippen molar-refractivity contribution in [2.75, 3.05) is 13.1 Å². The van der Waals surface area contributed by atoms with Gasteiger partial charge in [0.05, 0.1) is 0 Å². The third kappa shape index (κ3) is 11.8. The molecule has 1 aromatic rings. The lowest BCUT2D eigenvalue weighted by molar-refractivity contribution is 0.539. The molecule has 0 bridgehead atoms. The Kier molecular flexibility index (Phi) is 13.2. The molecule has 0 unspecified atom stereocenters. The average Bonchev–Trinajstić information content (AvgIpc) is 2.56. The van der Waals surface area contributed by atoms with E-state index in [2.05, 4.69) is 42.6 Å². The molecule has 1 aromatic carbocycles. The molecule has 0 aliphatic heterocycles. The van der Waals surface area contributed by atoms with Crippen molar-refractivity contribution in [2.45, 2.75) is 84.0 Å². The molecule has 0 saturated heterocycles. The average molecular weight is 304 g/mol. The van der Waals surface area contributed by atoms with Gasteiger partial charge in [0.1, 0.15) is 0 Å². The lowest BCUT2D eigenvalue weighted by atomic mass is 10.0. The van der Waals surface area contributed by atoms with Gasteiger partial charge in [-0.15, -0.1) is 0 Å². The Morgan fingerprint density at radius 3 is 1.68 bits per heavy atom. The van der Waals surface area contributed by atoms with Gasteiger partial charge in [-0.05, 0) is 37.9 Å². The second-order valence-electron chi connectivity index (χ2n) is 6.48. The highest BCUT2D eigenvalue weighted by Gasteiger charge is 1.95. The fourth-order valence-corrected chi connectivity index (χ4v) is 2.99. The highest BCUT2D eigenvalue weighted by molar-refractivity contribution is 5.14. The number of nitrogens with one attached hydrogen (secondary N) is 1. The summed E-state index contributed by atoms with van der Waals surface area (Å²) in [7, 11) is 0. The van der Waals surface area contributed by atoms with Gasteiger partial charge in [-0.2, -0.15) is 0 Å². The standard InChI is InChI=1S/C21H37N/c1-2-22-20-16-11-9-7-5-3-4-6-8-10-13-17-21-18-14-12-15-19-21/h12,14-15,18-19,22H,2-11,13,16-17,20H2,1H3. The van der Waals surface area contributed by atoms with Crippen LogP contribution in [0.1, 0.15) is 83.1 Å². The number of aryl methyl sites for hydroxylation is 1. The first-order chi connectivity index (χ1) is 10.9. The van der Waals surface area contributed by atoms with Gasteiger partial charge in [0, 0.05) is 0 Å². The normalized spacial score (nSPS) is 11.0. The molecule has 0 amide bonds. The second kappa shape index (κ2) is 15.1. The Labute approximate surface area is 138 Å². The third-order valence-electron chi connectivity index (χ3n) is 4.41. The predicted octanol–water partition coefficient (Wildman–Crippen LogP) is 6.13. The van der Waals surface area contributed by atoms with Gasteiger partial charge in [0.15, 0.2) is 0 Å². The van der Waals surface area contributed by atoms with Crippen LogP contribution in [-0.2, 0) is 6.42 Å². The van der Waals surface area contributed by atoms with E-state index in [0.717, 1.165) is 6.54 Å². The lowest BCUT2D eigenvalue weighted by Gasteiger charge is -2.04. The van der Waals surface area contributed by atoms with Crippen molar-refractivity contribution in [3.05, 3.63) is 35.9 Å². The fourth-order valence-electron chi connectivity index (χ4n) is 2.99. The molecule has 0 atom stereocenters. The van der Waals surface area contributed by atoms with Gasteiger partial charge in [0.25, 0.3) is 0 Å². The Morgan fingerprint density at radius 2 is 1.14 bits per heavy atom. The van der Waals surface area contributed by atoms with E-state index < -0.39 is 0 Å². The first-order valence-corrected chi connectivity index (χ1v) is 9.68. The summed E-state index contributed by atoms with van der Waals surface area (Å²) in [5.74, 6) is 0. The number of unbranched alkanes of at least 4 members (excludes halogenated alkanes) is 10. The lowest BCUT2D eigenvalue weighted by Crippen LogP contribution is -2.13. The van der Waals surface area contributed by atoms with Crippen LogP contribution in [-0.4, -0.2) is 13.1 Å². The number of hydrogen-bond acceptors (Lipinski definition) is 1. The van der Waals surface area contributed by atoms with Crippen molar-refractivity contribution < 1.29 is 0 Å². The molecule has 0 spiro atoms. The summed E-state index contributed by atoms with van der Waals surface area (Å²) < 4.78 is 0. The fraction of sp³-hybridized carbons (Fsp3) is 0.714. The van der Waals surface area contributed by atoms with Crippen molar-refractivity contribution >= 4 is 0 Å². The molecule has 0 radical (unpaired) electrons. The van der Waals surface area contributed by atoms with E-state index in [-0.39, 0.29) is 0 Å². The Morgan fingerprint density at radius 1 is 0.636 bits per heavy atom. The number of rotatable bonds is 15. The van der Waals surface area contributed by atoms with E-state index in [1.165, 1.54) is 89.2 Å². The van der Waals surface area contributed by atoms with Crippen LogP contribution in [0.25, 0.3) is 0 Å². The van der Waals surface area contributed by atoms with E-state index in [4.69, 9.17) is 0 Å². The quantitative estimate of drug-likeness (QED) is 0.384. The van der Waals surface area contributed by atoms with Crippen molar-refractivity contribution in [1.82, 2.24) is 5.32 Å². The van der Waals surface area contributed by atoms with Crippen LogP contribution in [0.15, 0.2) is 30.3 Å². The molecular weight excluding hydrogens is 266 g/mol. The van der Waals surface area contributed by atoms with E-state index >= 15 is 0 Å². The molecule has 22 heavy (non-hydrogen) atoms. The molecule has 1 N–H and O–H groups in total. The maximum absolute atomic E-state index is 3.39. The van der Waals surface area contributed by atoms with Gasteiger partial charge in [0.2, 0.25) is 0 Å². The zero-order chi connectivity index (χ0) is 15.7. The minimum atomic E-state index is 1.12. The largest absolute Gasteiger partial charge is 0.317 e. The molecular formula is C21H37N. The van der Waals surface area contributed by atoms with Gasteiger partial charge in [-0.25, -0.2) is 0 Å². The van der Waals surface area contributed by atoms with Crippen molar-refractivity contribution in [3.8, 4) is 0 Å². The Balaban J connectivity index is 1.73. The summed E-state index contributed by atoms with van der Waals surface area (Å²) in [5.41, 5.74) is 1.50. The summed E-state index contributed by atoms with van der Waals surface area (Å²) >= 11 is 0. The molecule has 1 nitrogen and oxygen atoms in total. The predicted molar refractivity (Wildman–Crippen MR) is 99.5 cm³/mol. The van der Waals surface area contributed by atoms with Gasteiger partial charge >= 0.3 is 0 Å². The highest BCUT2D eigenvalue weighted by Crippen LogP contribution is 2.12. The first kappa shape index (κ1) is 19.2. The topological polar surface area (TPSA) is 12.0 Å². The van der Waals surface area contributed by atoms with E-state index in [9.17, 15) is 0 Å². The summed E-state index contributed by atoms with van der Waals surface area (Å²) in [6.07, 6.45) is 16.9. The van der Waals surface area contributed by atoms with Crippen LogP contribution >= 0.6 is 0 Å². The minimum absolute atomic E-state index is 1.12. The zero-order valence-electron chi connectivity index (χ0n) is 14.8. The maximum Gasteiger partial charge on any atom is -0.00490 e. The SMILES string of the molecule is CCNCCCCCCCCCCCCCc1ccccc1. The van der Waals surface area contributed by atoms with Gasteiger partial charge in [-0.1, -0.05) is 95.0 Å². The highest BCUT2D eigenvalue weighted by atomic mass is 14.8. The molecule has 0 aromatic heterocycles. The number of benzene rings is 1. The first-order valence-electron chi connectivity index (χ1n) is 9.68. The molecule has 0 aliphatic carbocycles. The molecule has 126 valence electrons. The third-order valence-corrected chi connectivity index (χ3v) is 4.41. The minimum Gasteiger partial charge on any atom is -0.317 e. The monoisotopic (exact) mass is 303 g/mol. The second-order valence-corrected chi connectivity index (χ2v) is 6.48. The van der Waals surface area contributed by atoms with E-state index in [1.807, 2.05) is 0 Å². The molecule has 1 heteroatoms. The van der Waals surface area contributed by atoms with Crippen LogP contribution in [0, 0.1) is 0 Å². The summed E-state index contributed by atoms with van der Waals surface area (Å²) in [6.45, 7) is 4.51. The molecule has 1 rings (SSSR count).